The first-order valence-electron chi connectivity index (χ1n) is 6.66. The molecule has 110 valence electrons. The molecule has 0 spiro atoms. The van der Waals surface area contributed by atoms with Crippen molar-refractivity contribution in [3.63, 3.8) is 0 Å². The Kier molecular flexibility index (Phi) is 4.20. The Balaban J connectivity index is 2.47. The lowest BCUT2D eigenvalue weighted by atomic mass is 9.92. The van der Waals surface area contributed by atoms with Gasteiger partial charge in [-0.3, -0.25) is 4.79 Å². The topological polar surface area (TPSA) is 113 Å². The van der Waals surface area contributed by atoms with Crippen LogP contribution in [0.15, 0.2) is 0 Å². The van der Waals surface area contributed by atoms with E-state index in [1.807, 2.05) is 6.92 Å². The zero-order valence-corrected chi connectivity index (χ0v) is 11.8. The van der Waals surface area contributed by atoms with E-state index in [1.54, 1.807) is 6.92 Å². The second-order valence-corrected chi connectivity index (χ2v) is 4.80. The molecule has 2 rings (SSSR count). The third kappa shape index (κ3) is 2.59. The predicted octanol–water partition coefficient (Wildman–Crippen LogP) is 0.508. The zero-order chi connectivity index (χ0) is 14.8. The highest BCUT2D eigenvalue weighted by Gasteiger charge is 2.39. The summed E-state index contributed by atoms with van der Waals surface area (Å²) in [5.74, 6) is -0.0165. The molecule has 0 saturated carbocycles. The van der Waals surface area contributed by atoms with Crippen LogP contribution < -0.4 is 11.5 Å². The van der Waals surface area contributed by atoms with Gasteiger partial charge in [-0.2, -0.15) is 0 Å². The lowest BCUT2D eigenvalue weighted by Gasteiger charge is -2.35. The van der Waals surface area contributed by atoms with Crippen LogP contribution in [0, 0.1) is 6.92 Å². The SMILES string of the molecule is CCOC1(c2nc(C)c(C(N)=O)c(N)n2)CCOCC1. The Labute approximate surface area is 117 Å². The van der Waals surface area contributed by atoms with Crippen LogP contribution in [0.3, 0.4) is 0 Å². The van der Waals surface area contributed by atoms with Crippen molar-refractivity contribution in [1.82, 2.24) is 9.97 Å². The highest BCUT2D eigenvalue weighted by Crippen LogP contribution is 2.35. The van der Waals surface area contributed by atoms with Gasteiger partial charge in [0.05, 0.1) is 5.69 Å². The molecule has 20 heavy (non-hydrogen) atoms. The number of nitrogens with two attached hydrogens (primary N) is 2. The van der Waals surface area contributed by atoms with E-state index in [0.29, 0.717) is 44.2 Å². The molecule has 0 aliphatic carbocycles. The molecule has 0 radical (unpaired) electrons. The molecule has 1 aromatic heterocycles. The molecule has 1 aliphatic rings. The van der Waals surface area contributed by atoms with Crippen LogP contribution in [0.4, 0.5) is 5.82 Å². The van der Waals surface area contributed by atoms with E-state index < -0.39 is 11.5 Å². The fourth-order valence-corrected chi connectivity index (χ4v) is 2.51. The monoisotopic (exact) mass is 280 g/mol. The van der Waals surface area contributed by atoms with Crippen LogP contribution in [0.25, 0.3) is 0 Å². The van der Waals surface area contributed by atoms with Gasteiger partial charge in [0.15, 0.2) is 5.82 Å². The van der Waals surface area contributed by atoms with Crippen molar-refractivity contribution >= 4 is 11.7 Å². The number of aromatic nitrogens is 2. The van der Waals surface area contributed by atoms with Gasteiger partial charge < -0.3 is 20.9 Å². The zero-order valence-electron chi connectivity index (χ0n) is 11.8. The molecule has 1 amide bonds. The van der Waals surface area contributed by atoms with Crippen LogP contribution in [0.1, 0.15) is 41.6 Å². The molecule has 0 atom stereocenters. The summed E-state index contributed by atoms with van der Waals surface area (Å²) in [5.41, 5.74) is 11.2. The van der Waals surface area contributed by atoms with Gasteiger partial charge in [-0.1, -0.05) is 0 Å². The van der Waals surface area contributed by atoms with Crippen LogP contribution in [0.5, 0.6) is 0 Å². The number of aryl methyl sites for hydroxylation is 1. The smallest absolute Gasteiger partial charge is 0.254 e. The number of anilines is 1. The summed E-state index contributed by atoms with van der Waals surface area (Å²) in [6, 6.07) is 0. The minimum atomic E-state index is -0.621. The second kappa shape index (κ2) is 5.72. The Morgan fingerprint density at radius 2 is 2.05 bits per heavy atom. The molecule has 2 heterocycles. The van der Waals surface area contributed by atoms with E-state index in [4.69, 9.17) is 20.9 Å². The van der Waals surface area contributed by atoms with Crippen molar-refractivity contribution in [3.8, 4) is 0 Å². The van der Waals surface area contributed by atoms with Gasteiger partial charge in [0.1, 0.15) is 17.0 Å². The maximum Gasteiger partial charge on any atom is 0.254 e. The molecule has 7 nitrogen and oxygen atoms in total. The molecule has 1 saturated heterocycles. The number of ether oxygens (including phenoxy) is 2. The van der Waals surface area contributed by atoms with Crippen LogP contribution >= 0.6 is 0 Å². The van der Waals surface area contributed by atoms with Gasteiger partial charge in [0.25, 0.3) is 5.91 Å². The molecule has 0 aromatic carbocycles. The summed E-state index contributed by atoms with van der Waals surface area (Å²) < 4.78 is 11.3. The number of hydrogen-bond acceptors (Lipinski definition) is 6. The molecule has 0 bridgehead atoms. The first-order chi connectivity index (χ1) is 9.50. The van der Waals surface area contributed by atoms with Crippen molar-refractivity contribution < 1.29 is 14.3 Å². The van der Waals surface area contributed by atoms with E-state index in [1.165, 1.54) is 0 Å². The van der Waals surface area contributed by atoms with E-state index in [0.717, 1.165) is 0 Å². The number of carbonyl (C=O) groups is 1. The molecule has 7 heteroatoms. The van der Waals surface area contributed by atoms with E-state index in [-0.39, 0.29) is 11.4 Å². The largest absolute Gasteiger partial charge is 0.383 e. The summed E-state index contributed by atoms with van der Waals surface area (Å²) in [4.78, 5) is 20.0. The molecule has 1 aromatic rings. The lowest BCUT2D eigenvalue weighted by Crippen LogP contribution is -2.39. The second-order valence-electron chi connectivity index (χ2n) is 4.80. The molecule has 1 aliphatic heterocycles. The lowest BCUT2D eigenvalue weighted by molar-refractivity contribution is -0.117. The number of primary amides is 1. The minimum Gasteiger partial charge on any atom is -0.383 e. The fourth-order valence-electron chi connectivity index (χ4n) is 2.51. The maximum absolute atomic E-state index is 11.3. The van der Waals surface area contributed by atoms with E-state index in [9.17, 15) is 4.79 Å². The summed E-state index contributed by atoms with van der Waals surface area (Å²) >= 11 is 0. The first-order valence-corrected chi connectivity index (χ1v) is 6.66. The third-order valence-electron chi connectivity index (χ3n) is 3.49. The van der Waals surface area contributed by atoms with Gasteiger partial charge >= 0.3 is 0 Å². The van der Waals surface area contributed by atoms with Gasteiger partial charge in [-0.15, -0.1) is 0 Å². The average molecular weight is 280 g/mol. The molecule has 4 N–H and O–H groups in total. The first kappa shape index (κ1) is 14.7. The number of amides is 1. The van der Waals surface area contributed by atoms with E-state index in [2.05, 4.69) is 9.97 Å². The summed E-state index contributed by atoms with van der Waals surface area (Å²) in [7, 11) is 0. The normalized spacial score (nSPS) is 17.9. The number of nitrogen functional groups attached to an aromatic ring is 1. The van der Waals surface area contributed by atoms with Crippen molar-refractivity contribution in [2.75, 3.05) is 25.6 Å². The summed E-state index contributed by atoms with van der Waals surface area (Å²) in [6.45, 7) is 5.32. The minimum absolute atomic E-state index is 0.102. The Bertz CT molecular complexity index is 484. The average Bonchev–Trinajstić information content (AvgIpc) is 2.38. The van der Waals surface area contributed by atoms with Gasteiger partial charge in [-0.05, 0) is 13.8 Å². The highest BCUT2D eigenvalue weighted by molar-refractivity contribution is 5.98. The van der Waals surface area contributed by atoms with Crippen LogP contribution in [0.2, 0.25) is 0 Å². The molecular formula is C13H20N4O3. The molecule has 1 fully saturated rings. The van der Waals surface area contributed by atoms with E-state index >= 15 is 0 Å². The third-order valence-corrected chi connectivity index (χ3v) is 3.49. The predicted molar refractivity (Wildman–Crippen MR) is 73.1 cm³/mol. The number of hydrogen-bond donors (Lipinski definition) is 2. The standard InChI is InChI=1S/C13H20N4O3/c1-3-20-13(4-6-19-7-5-13)12-16-8(2)9(11(15)18)10(14)17-12/h3-7H2,1-2H3,(H2,15,18)(H2,14,16,17). The van der Waals surface area contributed by atoms with Crippen molar-refractivity contribution in [3.05, 3.63) is 17.1 Å². The van der Waals surface area contributed by atoms with Gasteiger partial charge in [-0.25, -0.2) is 9.97 Å². The van der Waals surface area contributed by atoms with Crippen molar-refractivity contribution in [1.29, 1.82) is 0 Å². The molecule has 0 unspecified atom stereocenters. The Morgan fingerprint density at radius 1 is 1.40 bits per heavy atom. The van der Waals surface area contributed by atoms with Crippen molar-refractivity contribution in [2.24, 2.45) is 5.73 Å². The van der Waals surface area contributed by atoms with Gasteiger partial charge in [0.2, 0.25) is 0 Å². The summed E-state index contributed by atoms with van der Waals surface area (Å²) in [6.07, 6.45) is 1.32. The Morgan fingerprint density at radius 3 is 2.55 bits per heavy atom. The number of nitrogens with zero attached hydrogens (tertiary/aromatic N) is 2. The van der Waals surface area contributed by atoms with Crippen LogP contribution in [-0.4, -0.2) is 35.7 Å². The molecular weight excluding hydrogens is 260 g/mol. The Hall–Kier alpha value is -1.73. The fraction of sp³-hybridized carbons (Fsp3) is 0.615. The van der Waals surface area contributed by atoms with Crippen LogP contribution in [-0.2, 0) is 15.1 Å². The number of rotatable bonds is 4. The quantitative estimate of drug-likeness (QED) is 0.830. The van der Waals surface area contributed by atoms with Crippen molar-refractivity contribution in [2.45, 2.75) is 32.3 Å². The van der Waals surface area contributed by atoms with Gasteiger partial charge in [0, 0.05) is 32.7 Å². The number of carbonyl (C=O) groups excluding carboxylic acids is 1. The summed E-state index contributed by atoms with van der Waals surface area (Å²) in [5, 5.41) is 0. The maximum atomic E-state index is 11.3. The highest BCUT2D eigenvalue weighted by atomic mass is 16.5.